The summed E-state index contributed by atoms with van der Waals surface area (Å²) in [6.07, 6.45) is 2.64. The number of carbonyl (C=O) groups is 1. The standard InChI is InChI=1S/C23H30ClN3O5/c1-26(22(28)17-6-5-9-25-21(17)24)15-23(29)7-10-27(11-8-23)14-16-12-18(30-2)20(32-4)19(13-16)31-3/h5-6,9,12-13,29H,7-8,10-11,14-15H2,1-4H3. The number of methoxy groups -OCH3 is 3. The SMILES string of the molecule is COc1cc(CN2CCC(O)(CN(C)C(=O)c3cccnc3Cl)CC2)cc(OC)c1OC. The molecule has 0 spiro atoms. The van der Waals surface area contributed by atoms with E-state index < -0.39 is 5.60 Å². The second-order valence-electron chi connectivity index (χ2n) is 8.04. The lowest BCUT2D eigenvalue weighted by molar-refractivity contribution is -0.0389. The highest BCUT2D eigenvalue weighted by molar-refractivity contribution is 6.32. The van der Waals surface area contributed by atoms with Crippen LogP contribution in [0.1, 0.15) is 28.8 Å². The molecule has 32 heavy (non-hydrogen) atoms. The number of likely N-dealkylation sites (tertiary alicyclic amines) is 1. The average Bonchev–Trinajstić information content (AvgIpc) is 2.79. The van der Waals surface area contributed by atoms with Gasteiger partial charge in [-0.15, -0.1) is 0 Å². The maximum Gasteiger partial charge on any atom is 0.256 e. The zero-order chi connectivity index (χ0) is 23.3. The topological polar surface area (TPSA) is 84.4 Å². The molecule has 2 heterocycles. The maximum atomic E-state index is 12.7. The van der Waals surface area contributed by atoms with Gasteiger partial charge in [0, 0.05) is 39.4 Å². The van der Waals surface area contributed by atoms with Gasteiger partial charge in [-0.3, -0.25) is 9.69 Å². The molecule has 0 saturated carbocycles. The molecule has 9 heteroatoms. The number of benzene rings is 1. The number of ether oxygens (including phenoxy) is 3. The Bertz CT molecular complexity index is 922. The fraction of sp³-hybridized carbons (Fsp3) is 0.478. The molecule has 3 rings (SSSR count). The first-order chi connectivity index (χ1) is 15.3. The number of aromatic nitrogens is 1. The van der Waals surface area contributed by atoms with Gasteiger partial charge in [0.25, 0.3) is 5.91 Å². The summed E-state index contributed by atoms with van der Waals surface area (Å²) in [4.78, 5) is 20.4. The molecule has 1 aliphatic rings. The van der Waals surface area contributed by atoms with Crippen molar-refractivity contribution < 1.29 is 24.1 Å². The number of likely N-dealkylation sites (N-methyl/N-ethyl adjacent to an activating group) is 1. The number of pyridine rings is 1. The van der Waals surface area contributed by atoms with Gasteiger partial charge in [-0.25, -0.2) is 4.98 Å². The van der Waals surface area contributed by atoms with Crippen LogP contribution in [0.3, 0.4) is 0 Å². The van der Waals surface area contributed by atoms with E-state index in [2.05, 4.69) is 9.88 Å². The summed E-state index contributed by atoms with van der Waals surface area (Å²) < 4.78 is 16.3. The molecule has 1 saturated heterocycles. The van der Waals surface area contributed by atoms with Crippen molar-refractivity contribution in [2.24, 2.45) is 0 Å². The van der Waals surface area contributed by atoms with Crippen LogP contribution in [0.25, 0.3) is 0 Å². The van der Waals surface area contributed by atoms with Gasteiger partial charge < -0.3 is 24.2 Å². The predicted octanol–water partition coefficient (Wildman–Crippen LogP) is 2.86. The van der Waals surface area contributed by atoms with E-state index in [1.54, 1.807) is 40.5 Å². The van der Waals surface area contributed by atoms with Crippen LogP contribution in [0.5, 0.6) is 17.2 Å². The molecule has 0 bridgehead atoms. The molecule has 0 radical (unpaired) electrons. The molecule has 1 aliphatic heterocycles. The van der Waals surface area contributed by atoms with Gasteiger partial charge in [0.15, 0.2) is 11.5 Å². The average molecular weight is 464 g/mol. The Balaban J connectivity index is 1.61. The molecule has 0 atom stereocenters. The first-order valence-corrected chi connectivity index (χ1v) is 10.8. The molecule has 1 amide bonds. The lowest BCUT2D eigenvalue weighted by Crippen LogP contribution is -2.51. The molecule has 0 unspecified atom stereocenters. The van der Waals surface area contributed by atoms with Crippen LogP contribution in [0.2, 0.25) is 5.15 Å². The molecular weight excluding hydrogens is 434 g/mol. The Morgan fingerprint density at radius 3 is 2.34 bits per heavy atom. The number of halogens is 1. The second kappa shape index (κ2) is 10.4. The van der Waals surface area contributed by atoms with Gasteiger partial charge in [-0.1, -0.05) is 11.6 Å². The minimum atomic E-state index is -0.953. The number of nitrogens with zero attached hydrogens (tertiary/aromatic N) is 3. The van der Waals surface area contributed by atoms with Crippen molar-refractivity contribution in [1.82, 2.24) is 14.8 Å². The number of amides is 1. The third-order valence-electron chi connectivity index (χ3n) is 5.79. The second-order valence-corrected chi connectivity index (χ2v) is 8.40. The fourth-order valence-electron chi connectivity index (χ4n) is 4.03. The van der Waals surface area contributed by atoms with Crippen LogP contribution in [-0.2, 0) is 6.54 Å². The first kappa shape index (κ1) is 24.1. The molecule has 2 aromatic rings. The number of aliphatic hydroxyl groups is 1. The summed E-state index contributed by atoms with van der Waals surface area (Å²) in [6.45, 7) is 2.31. The third kappa shape index (κ3) is 5.43. The van der Waals surface area contributed by atoms with Crippen LogP contribution in [-0.4, -0.2) is 79.4 Å². The normalized spacial score (nSPS) is 15.8. The smallest absolute Gasteiger partial charge is 0.256 e. The predicted molar refractivity (Wildman–Crippen MR) is 122 cm³/mol. The first-order valence-electron chi connectivity index (χ1n) is 10.4. The van der Waals surface area contributed by atoms with Crippen LogP contribution >= 0.6 is 11.6 Å². The summed E-state index contributed by atoms with van der Waals surface area (Å²) in [5.41, 5.74) is 0.411. The molecule has 1 aromatic heterocycles. The van der Waals surface area contributed by atoms with E-state index in [9.17, 15) is 9.90 Å². The van der Waals surface area contributed by atoms with Gasteiger partial charge in [0.05, 0.1) is 32.5 Å². The van der Waals surface area contributed by atoms with Crippen molar-refractivity contribution in [3.63, 3.8) is 0 Å². The van der Waals surface area contributed by atoms with Crippen LogP contribution in [0, 0.1) is 0 Å². The van der Waals surface area contributed by atoms with Crippen LogP contribution in [0.15, 0.2) is 30.5 Å². The molecule has 8 nitrogen and oxygen atoms in total. The highest BCUT2D eigenvalue weighted by atomic mass is 35.5. The van der Waals surface area contributed by atoms with E-state index >= 15 is 0 Å². The van der Waals surface area contributed by atoms with Gasteiger partial charge in [0.1, 0.15) is 5.15 Å². The summed E-state index contributed by atoms with van der Waals surface area (Å²) in [7, 11) is 6.44. The summed E-state index contributed by atoms with van der Waals surface area (Å²) in [5.74, 6) is 1.54. The number of carbonyl (C=O) groups excluding carboxylic acids is 1. The number of piperidine rings is 1. The monoisotopic (exact) mass is 463 g/mol. The van der Waals surface area contributed by atoms with Crippen molar-refractivity contribution in [3.05, 3.63) is 46.7 Å². The summed E-state index contributed by atoms with van der Waals surface area (Å²) >= 11 is 6.05. The number of rotatable bonds is 8. The van der Waals surface area contributed by atoms with Crippen molar-refractivity contribution in [1.29, 1.82) is 0 Å². The zero-order valence-electron chi connectivity index (χ0n) is 18.9. The maximum absolute atomic E-state index is 12.7. The molecule has 0 aliphatic carbocycles. The number of hydrogen-bond acceptors (Lipinski definition) is 7. The largest absolute Gasteiger partial charge is 0.493 e. The molecule has 174 valence electrons. The van der Waals surface area contributed by atoms with Gasteiger partial charge in [0.2, 0.25) is 5.75 Å². The van der Waals surface area contributed by atoms with E-state index in [0.29, 0.717) is 55.3 Å². The summed E-state index contributed by atoms with van der Waals surface area (Å²) in [6, 6.07) is 7.18. The van der Waals surface area contributed by atoms with Gasteiger partial charge >= 0.3 is 0 Å². The Kier molecular flexibility index (Phi) is 7.82. The van der Waals surface area contributed by atoms with E-state index in [-0.39, 0.29) is 17.6 Å². The Morgan fingerprint density at radius 1 is 1.19 bits per heavy atom. The van der Waals surface area contributed by atoms with E-state index in [1.165, 1.54) is 11.1 Å². The zero-order valence-corrected chi connectivity index (χ0v) is 19.7. The summed E-state index contributed by atoms with van der Waals surface area (Å²) in [5, 5.41) is 11.3. The van der Waals surface area contributed by atoms with Crippen LogP contribution in [0.4, 0.5) is 0 Å². The van der Waals surface area contributed by atoms with Crippen LogP contribution < -0.4 is 14.2 Å². The van der Waals surface area contributed by atoms with Crippen molar-refractivity contribution >= 4 is 17.5 Å². The third-order valence-corrected chi connectivity index (χ3v) is 6.09. The minimum absolute atomic E-state index is 0.163. The Morgan fingerprint density at radius 2 is 1.81 bits per heavy atom. The fourth-order valence-corrected chi connectivity index (χ4v) is 4.24. The Hall–Kier alpha value is -2.55. The quantitative estimate of drug-likeness (QED) is 0.602. The lowest BCUT2D eigenvalue weighted by atomic mass is 9.90. The highest BCUT2D eigenvalue weighted by Gasteiger charge is 2.35. The number of hydrogen-bond donors (Lipinski definition) is 1. The van der Waals surface area contributed by atoms with Crippen molar-refractivity contribution in [2.45, 2.75) is 25.0 Å². The Labute approximate surface area is 193 Å². The lowest BCUT2D eigenvalue weighted by Gasteiger charge is -2.40. The van der Waals surface area contributed by atoms with E-state index in [1.807, 2.05) is 12.1 Å². The van der Waals surface area contributed by atoms with Gasteiger partial charge in [-0.05, 0) is 42.7 Å². The molecule has 1 N–H and O–H groups in total. The molecule has 1 aromatic carbocycles. The molecular formula is C23H30ClN3O5. The highest BCUT2D eigenvalue weighted by Crippen LogP contribution is 2.38. The van der Waals surface area contributed by atoms with Crippen molar-refractivity contribution in [3.8, 4) is 17.2 Å². The van der Waals surface area contributed by atoms with E-state index in [0.717, 1.165) is 5.56 Å². The van der Waals surface area contributed by atoms with E-state index in [4.69, 9.17) is 25.8 Å². The minimum Gasteiger partial charge on any atom is -0.493 e. The van der Waals surface area contributed by atoms with Crippen molar-refractivity contribution in [2.75, 3.05) is 48.0 Å². The molecule has 1 fully saturated rings. The van der Waals surface area contributed by atoms with Gasteiger partial charge in [-0.2, -0.15) is 0 Å².